The second-order valence-electron chi connectivity index (χ2n) is 4.76. The molecule has 6 heteroatoms. The number of furan rings is 1. The van der Waals surface area contributed by atoms with Crippen molar-refractivity contribution in [2.75, 3.05) is 6.54 Å². The second kappa shape index (κ2) is 4.83. The lowest BCUT2D eigenvalue weighted by atomic mass is 10.2. The summed E-state index contributed by atoms with van der Waals surface area (Å²) in [6.07, 6.45) is 1.16. The van der Waals surface area contributed by atoms with E-state index in [0.29, 0.717) is 30.0 Å². The number of nitrogens with zero attached hydrogens (tertiary/aromatic N) is 1. The van der Waals surface area contributed by atoms with Crippen LogP contribution in [0.3, 0.4) is 0 Å². The molecule has 0 bridgehead atoms. The molecule has 1 aliphatic heterocycles. The number of carbonyl (C=O) groups excluding carboxylic acids is 1. The summed E-state index contributed by atoms with van der Waals surface area (Å²) in [7, 11) is 0. The fourth-order valence-corrected chi connectivity index (χ4v) is 2.76. The average molecular weight is 294 g/mol. The van der Waals surface area contributed by atoms with Crippen LogP contribution in [0.15, 0.2) is 28.7 Å². The molecule has 2 heterocycles. The maximum absolute atomic E-state index is 12.4. The summed E-state index contributed by atoms with van der Waals surface area (Å²) in [5.74, 6) is -1.26. The number of carboxylic acid groups (broad SMARTS) is 1. The summed E-state index contributed by atoms with van der Waals surface area (Å²) in [5.41, 5.74) is 0.448. The van der Waals surface area contributed by atoms with E-state index in [1.807, 2.05) is 0 Å². The third kappa shape index (κ3) is 2.04. The van der Waals surface area contributed by atoms with Crippen molar-refractivity contribution in [2.45, 2.75) is 18.9 Å². The van der Waals surface area contributed by atoms with Crippen molar-refractivity contribution in [3.8, 4) is 0 Å². The number of hydrogen-bond acceptors (Lipinski definition) is 3. The normalized spacial score (nSPS) is 18.6. The molecule has 1 atom stereocenters. The van der Waals surface area contributed by atoms with Gasteiger partial charge in [-0.1, -0.05) is 23.7 Å². The Morgan fingerprint density at radius 1 is 1.40 bits per heavy atom. The van der Waals surface area contributed by atoms with Crippen LogP contribution in [0.5, 0.6) is 0 Å². The van der Waals surface area contributed by atoms with Crippen LogP contribution < -0.4 is 0 Å². The maximum atomic E-state index is 12.4. The first-order chi connectivity index (χ1) is 9.58. The summed E-state index contributed by atoms with van der Waals surface area (Å²) in [6, 6.07) is 6.06. The van der Waals surface area contributed by atoms with Gasteiger partial charge in [0.25, 0.3) is 5.91 Å². The highest BCUT2D eigenvalue weighted by atomic mass is 35.5. The van der Waals surface area contributed by atoms with E-state index in [2.05, 4.69) is 0 Å². The molecule has 0 aliphatic carbocycles. The Morgan fingerprint density at radius 2 is 2.20 bits per heavy atom. The lowest BCUT2D eigenvalue weighted by Gasteiger charge is -2.19. The van der Waals surface area contributed by atoms with Gasteiger partial charge < -0.3 is 14.4 Å². The van der Waals surface area contributed by atoms with Gasteiger partial charge in [-0.15, -0.1) is 0 Å². The molecule has 0 saturated carbocycles. The first-order valence-electron chi connectivity index (χ1n) is 6.30. The van der Waals surface area contributed by atoms with E-state index in [1.54, 1.807) is 24.3 Å². The zero-order valence-corrected chi connectivity index (χ0v) is 11.3. The zero-order valence-electron chi connectivity index (χ0n) is 10.5. The number of hydrogen-bond donors (Lipinski definition) is 1. The Hall–Kier alpha value is -2.01. The van der Waals surface area contributed by atoms with Gasteiger partial charge in [0, 0.05) is 11.9 Å². The van der Waals surface area contributed by atoms with Crippen molar-refractivity contribution in [2.24, 2.45) is 0 Å². The van der Waals surface area contributed by atoms with E-state index in [4.69, 9.17) is 21.1 Å². The zero-order chi connectivity index (χ0) is 14.3. The molecule has 20 heavy (non-hydrogen) atoms. The third-order valence-electron chi connectivity index (χ3n) is 3.51. The number of fused-ring (bicyclic) bond motifs is 1. The second-order valence-corrected chi connectivity index (χ2v) is 5.17. The molecule has 2 aromatic rings. The lowest BCUT2D eigenvalue weighted by Crippen LogP contribution is -2.40. The fraction of sp³-hybridized carbons (Fsp3) is 0.286. The summed E-state index contributed by atoms with van der Waals surface area (Å²) in [5, 5.41) is 10.3. The Kier molecular flexibility index (Phi) is 3.14. The van der Waals surface area contributed by atoms with Crippen LogP contribution in [0, 0.1) is 0 Å². The molecule has 1 aromatic carbocycles. The van der Waals surface area contributed by atoms with Gasteiger partial charge in [-0.05, 0) is 25.0 Å². The van der Waals surface area contributed by atoms with E-state index in [9.17, 15) is 9.59 Å². The lowest BCUT2D eigenvalue weighted by molar-refractivity contribution is -0.141. The molecule has 1 aromatic heterocycles. The number of carbonyl (C=O) groups is 2. The number of benzene rings is 1. The quantitative estimate of drug-likeness (QED) is 0.924. The van der Waals surface area contributed by atoms with Gasteiger partial charge >= 0.3 is 5.97 Å². The summed E-state index contributed by atoms with van der Waals surface area (Å²) < 4.78 is 5.49. The predicted molar refractivity (Wildman–Crippen MR) is 72.9 cm³/mol. The van der Waals surface area contributed by atoms with Crippen LogP contribution in [0.1, 0.15) is 23.4 Å². The van der Waals surface area contributed by atoms with Crippen LogP contribution in [0.2, 0.25) is 5.02 Å². The largest absolute Gasteiger partial charge is 0.480 e. The van der Waals surface area contributed by atoms with Crippen LogP contribution in [0.25, 0.3) is 11.0 Å². The number of likely N-dealkylation sites (tertiary alicyclic amines) is 1. The van der Waals surface area contributed by atoms with Gasteiger partial charge in [0.05, 0.1) is 5.02 Å². The first-order valence-corrected chi connectivity index (χ1v) is 6.67. The van der Waals surface area contributed by atoms with Crippen molar-refractivity contribution in [1.82, 2.24) is 4.90 Å². The molecule has 5 nitrogen and oxygen atoms in total. The number of halogens is 1. The molecule has 1 N–H and O–H groups in total. The Morgan fingerprint density at radius 3 is 2.90 bits per heavy atom. The van der Waals surface area contributed by atoms with E-state index < -0.39 is 17.9 Å². The number of amides is 1. The molecule has 1 unspecified atom stereocenters. The van der Waals surface area contributed by atoms with Gasteiger partial charge in [0.2, 0.25) is 0 Å². The van der Waals surface area contributed by atoms with E-state index in [1.165, 1.54) is 4.90 Å². The standard InChI is InChI=1S/C14H12ClNO4/c15-9-4-1-3-8-7-11(20-12(8)9)13(17)16-6-2-5-10(16)14(18)19/h1,3-4,7,10H,2,5-6H2,(H,18,19). The van der Waals surface area contributed by atoms with Crippen molar-refractivity contribution >= 4 is 34.4 Å². The molecule has 0 radical (unpaired) electrons. The third-order valence-corrected chi connectivity index (χ3v) is 3.80. The number of para-hydroxylation sites is 1. The number of carboxylic acids is 1. The van der Waals surface area contributed by atoms with Crippen LogP contribution >= 0.6 is 11.6 Å². The smallest absolute Gasteiger partial charge is 0.326 e. The fourth-order valence-electron chi connectivity index (χ4n) is 2.54. The molecular weight excluding hydrogens is 282 g/mol. The highest BCUT2D eigenvalue weighted by Crippen LogP contribution is 2.28. The summed E-state index contributed by atoms with van der Waals surface area (Å²) in [6.45, 7) is 0.431. The van der Waals surface area contributed by atoms with E-state index >= 15 is 0 Å². The van der Waals surface area contributed by atoms with Crippen LogP contribution in [-0.2, 0) is 4.79 Å². The Balaban J connectivity index is 1.96. The molecule has 1 fully saturated rings. The minimum Gasteiger partial charge on any atom is -0.480 e. The van der Waals surface area contributed by atoms with Crippen molar-refractivity contribution < 1.29 is 19.1 Å². The molecule has 104 valence electrons. The van der Waals surface area contributed by atoms with Crippen molar-refractivity contribution in [3.63, 3.8) is 0 Å². The summed E-state index contributed by atoms with van der Waals surface area (Å²) in [4.78, 5) is 24.8. The molecule has 3 rings (SSSR count). The highest BCUT2D eigenvalue weighted by molar-refractivity contribution is 6.34. The minimum absolute atomic E-state index is 0.126. The Labute approximate surface area is 119 Å². The van der Waals surface area contributed by atoms with Crippen LogP contribution in [-0.4, -0.2) is 34.5 Å². The molecule has 1 saturated heterocycles. The number of rotatable bonds is 2. The highest BCUT2D eigenvalue weighted by Gasteiger charge is 2.35. The van der Waals surface area contributed by atoms with Gasteiger partial charge in [0.15, 0.2) is 11.3 Å². The average Bonchev–Trinajstić information content (AvgIpc) is 3.05. The molecule has 1 aliphatic rings. The van der Waals surface area contributed by atoms with Gasteiger partial charge in [-0.25, -0.2) is 4.79 Å². The maximum Gasteiger partial charge on any atom is 0.326 e. The van der Waals surface area contributed by atoms with E-state index in [-0.39, 0.29) is 5.76 Å². The topological polar surface area (TPSA) is 70.8 Å². The molecule has 0 spiro atoms. The monoisotopic (exact) mass is 293 g/mol. The SMILES string of the molecule is O=C(O)C1CCCN1C(=O)c1cc2cccc(Cl)c2o1. The Bertz CT molecular complexity index is 694. The van der Waals surface area contributed by atoms with E-state index in [0.717, 1.165) is 5.39 Å². The molecular formula is C14H12ClNO4. The van der Waals surface area contributed by atoms with Crippen molar-refractivity contribution in [1.29, 1.82) is 0 Å². The van der Waals surface area contributed by atoms with Gasteiger partial charge in [0.1, 0.15) is 6.04 Å². The van der Waals surface area contributed by atoms with Gasteiger partial charge in [-0.3, -0.25) is 4.79 Å². The summed E-state index contributed by atoms with van der Waals surface area (Å²) >= 11 is 6.00. The molecule has 1 amide bonds. The van der Waals surface area contributed by atoms with Gasteiger partial charge in [-0.2, -0.15) is 0 Å². The number of aliphatic carboxylic acids is 1. The van der Waals surface area contributed by atoms with Crippen molar-refractivity contribution in [3.05, 3.63) is 35.0 Å². The predicted octanol–water partition coefficient (Wildman–Crippen LogP) is 2.78. The minimum atomic E-state index is -0.981. The van der Waals surface area contributed by atoms with Crippen LogP contribution in [0.4, 0.5) is 0 Å². The first kappa shape index (κ1) is 13.0.